The van der Waals surface area contributed by atoms with Gasteiger partial charge in [0.1, 0.15) is 20.4 Å². The summed E-state index contributed by atoms with van der Waals surface area (Å²) < 4.78 is 84.0. The Hall–Kier alpha value is -2.60. The minimum atomic E-state index is -4.54. The van der Waals surface area contributed by atoms with E-state index in [1.54, 1.807) is 38.1 Å². The first-order valence-corrected chi connectivity index (χ1v) is 14.0. The van der Waals surface area contributed by atoms with Gasteiger partial charge in [-0.15, -0.1) is 0 Å². The Labute approximate surface area is 191 Å². The largest absolute Gasteiger partial charge is 0.379 e. The van der Waals surface area contributed by atoms with Crippen LogP contribution in [0.15, 0.2) is 81.4 Å². The summed E-state index contributed by atoms with van der Waals surface area (Å²) in [5, 5.41) is 0. The van der Waals surface area contributed by atoms with Gasteiger partial charge in [0.25, 0.3) is 9.05 Å². The molecular weight excluding hydrogens is 500 g/mol. The van der Waals surface area contributed by atoms with Crippen LogP contribution in [0.3, 0.4) is 0 Å². The van der Waals surface area contributed by atoms with Crippen molar-refractivity contribution in [3.05, 3.63) is 77.9 Å². The highest BCUT2D eigenvalue weighted by atomic mass is 35.7. The van der Waals surface area contributed by atoms with E-state index in [0.717, 1.165) is 29.3 Å². The van der Waals surface area contributed by atoms with Crippen molar-refractivity contribution in [3.8, 4) is 11.5 Å². The van der Waals surface area contributed by atoms with Crippen LogP contribution in [-0.2, 0) is 29.3 Å². The van der Waals surface area contributed by atoms with E-state index in [-0.39, 0.29) is 9.79 Å². The van der Waals surface area contributed by atoms with Gasteiger partial charge in [-0.2, -0.15) is 16.8 Å². The van der Waals surface area contributed by atoms with Crippen LogP contribution in [0.25, 0.3) is 0 Å². The summed E-state index contributed by atoms with van der Waals surface area (Å²) in [6.45, 7) is 3.54. The van der Waals surface area contributed by atoms with Crippen molar-refractivity contribution in [2.24, 2.45) is 0 Å². The maximum atomic E-state index is 12.5. The van der Waals surface area contributed by atoms with Crippen LogP contribution < -0.4 is 8.37 Å². The second-order valence-electron chi connectivity index (χ2n) is 6.75. The molecule has 0 N–H and O–H groups in total. The molecule has 8 nitrogen and oxygen atoms in total. The van der Waals surface area contributed by atoms with Gasteiger partial charge in [-0.1, -0.05) is 35.4 Å². The molecule has 0 amide bonds. The van der Waals surface area contributed by atoms with Crippen molar-refractivity contribution in [1.29, 1.82) is 0 Å². The van der Waals surface area contributed by atoms with Crippen LogP contribution in [0.4, 0.5) is 0 Å². The third-order valence-electron chi connectivity index (χ3n) is 4.20. The first-order chi connectivity index (χ1) is 14.8. The molecule has 0 aliphatic heterocycles. The van der Waals surface area contributed by atoms with Gasteiger partial charge in [-0.3, -0.25) is 0 Å². The van der Waals surface area contributed by atoms with Crippen molar-refractivity contribution in [2.75, 3.05) is 0 Å². The van der Waals surface area contributed by atoms with Crippen LogP contribution in [0.2, 0.25) is 0 Å². The van der Waals surface area contributed by atoms with Gasteiger partial charge in [0.05, 0.1) is 0 Å². The first-order valence-electron chi connectivity index (χ1n) is 8.89. The van der Waals surface area contributed by atoms with Crippen molar-refractivity contribution >= 4 is 40.0 Å². The lowest BCUT2D eigenvalue weighted by Crippen LogP contribution is -2.13. The number of aryl methyl sites for hydroxylation is 2. The predicted octanol–water partition coefficient (Wildman–Crippen LogP) is 3.77. The molecule has 32 heavy (non-hydrogen) atoms. The highest BCUT2D eigenvalue weighted by molar-refractivity contribution is 8.13. The highest BCUT2D eigenvalue weighted by Gasteiger charge is 2.26. The van der Waals surface area contributed by atoms with E-state index in [2.05, 4.69) is 0 Å². The molecule has 3 aromatic rings. The van der Waals surface area contributed by atoms with Gasteiger partial charge in [-0.05, 0) is 50.2 Å². The van der Waals surface area contributed by atoms with Crippen LogP contribution >= 0.6 is 10.7 Å². The third kappa shape index (κ3) is 5.60. The van der Waals surface area contributed by atoms with E-state index in [4.69, 9.17) is 19.0 Å². The first kappa shape index (κ1) is 24.1. The van der Waals surface area contributed by atoms with E-state index in [1.165, 1.54) is 24.3 Å². The van der Waals surface area contributed by atoms with E-state index in [1.807, 2.05) is 0 Å². The fourth-order valence-corrected chi connectivity index (χ4v) is 5.44. The van der Waals surface area contributed by atoms with Crippen molar-refractivity contribution < 1.29 is 33.6 Å². The Bertz CT molecular complexity index is 1460. The normalized spacial score (nSPS) is 12.3. The van der Waals surface area contributed by atoms with Crippen LogP contribution in [-0.4, -0.2) is 25.3 Å². The molecule has 3 rings (SSSR count). The van der Waals surface area contributed by atoms with Gasteiger partial charge < -0.3 is 8.37 Å². The van der Waals surface area contributed by atoms with Crippen LogP contribution in [0.1, 0.15) is 11.1 Å². The minimum Gasteiger partial charge on any atom is -0.379 e. The maximum absolute atomic E-state index is 12.5. The molecule has 12 heteroatoms. The zero-order chi connectivity index (χ0) is 23.7. The summed E-state index contributed by atoms with van der Waals surface area (Å²) in [7, 11) is -7.78. The summed E-state index contributed by atoms with van der Waals surface area (Å²) >= 11 is 0. The van der Waals surface area contributed by atoms with E-state index in [9.17, 15) is 25.3 Å². The molecule has 0 saturated heterocycles. The number of benzene rings is 3. The lowest BCUT2D eigenvalue weighted by atomic mass is 10.2. The van der Waals surface area contributed by atoms with Gasteiger partial charge in [0.2, 0.25) is 0 Å². The van der Waals surface area contributed by atoms with Crippen molar-refractivity contribution in [1.82, 2.24) is 0 Å². The fourth-order valence-electron chi connectivity index (χ4n) is 2.55. The number of rotatable bonds is 7. The molecule has 0 unspecified atom stereocenters. The average molecular weight is 517 g/mol. The van der Waals surface area contributed by atoms with Crippen LogP contribution in [0.5, 0.6) is 11.5 Å². The molecule has 3 aromatic carbocycles. The predicted molar refractivity (Wildman–Crippen MR) is 117 cm³/mol. The van der Waals surface area contributed by atoms with Gasteiger partial charge in [0, 0.05) is 16.7 Å². The molecule has 0 bridgehead atoms. The molecule has 0 radical (unpaired) electrons. The molecule has 170 valence electrons. The highest BCUT2D eigenvalue weighted by Crippen LogP contribution is 2.34. The average Bonchev–Trinajstić information content (AvgIpc) is 2.68. The zero-order valence-electron chi connectivity index (χ0n) is 16.7. The quantitative estimate of drug-likeness (QED) is 0.343. The SMILES string of the molecule is Cc1ccc(S(=O)(=O)Oc2ccc(OS(=O)(=O)c3ccc(C)cc3)c(S(=O)(=O)Cl)c2)cc1. The second kappa shape index (κ2) is 8.74. The summed E-state index contributed by atoms with van der Waals surface area (Å²) in [6, 6.07) is 14.2. The number of hydrogen-bond acceptors (Lipinski definition) is 8. The minimum absolute atomic E-state index is 0.152. The summed E-state index contributed by atoms with van der Waals surface area (Å²) in [4.78, 5) is -1.13. The lowest BCUT2D eigenvalue weighted by molar-refractivity contribution is 0.471. The zero-order valence-corrected chi connectivity index (χ0v) is 19.9. The Morgan fingerprint density at radius 2 is 1.06 bits per heavy atom. The Morgan fingerprint density at radius 1 is 0.625 bits per heavy atom. The molecule has 0 heterocycles. The molecule has 0 saturated carbocycles. The molecule has 0 spiro atoms. The van der Waals surface area contributed by atoms with Crippen molar-refractivity contribution in [2.45, 2.75) is 28.5 Å². The smallest absolute Gasteiger partial charge is 0.339 e. The maximum Gasteiger partial charge on any atom is 0.339 e. The van der Waals surface area contributed by atoms with Gasteiger partial charge in [-0.25, -0.2) is 8.42 Å². The molecule has 0 fully saturated rings. The fraction of sp³-hybridized carbons (Fsp3) is 0.100. The molecule has 0 aliphatic carbocycles. The third-order valence-corrected chi connectivity index (χ3v) is 8.06. The summed E-state index contributed by atoms with van der Waals surface area (Å²) in [5.41, 5.74) is 1.64. The number of hydrogen-bond donors (Lipinski definition) is 0. The van der Waals surface area contributed by atoms with E-state index < -0.39 is 45.7 Å². The molecule has 0 aromatic heterocycles. The second-order valence-corrected chi connectivity index (χ2v) is 12.4. The lowest BCUT2D eigenvalue weighted by Gasteiger charge is -2.12. The Balaban J connectivity index is 1.98. The molecular formula is C20H17ClO8S3. The standard InChI is InChI=1S/C20H17ClO8S3/c1-14-3-8-17(9-4-14)31(24,25)28-16-7-12-19(20(13-16)30(21,22)23)29-32(26,27)18-10-5-15(2)6-11-18/h3-13H,1-2H3. The van der Waals surface area contributed by atoms with E-state index >= 15 is 0 Å². The van der Waals surface area contributed by atoms with Crippen molar-refractivity contribution in [3.63, 3.8) is 0 Å². The molecule has 0 atom stereocenters. The van der Waals surface area contributed by atoms with E-state index in [0.29, 0.717) is 0 Å². The topological polar surface area (TPSA) is 121 Å². The monoisotopic (exact) mass is 516 g/mol. The van der Waals surface area contributed by atoms with Crippen LogP contribution in [0, 0.1) is 13.8 Å². The Kier molecular flexibility index (Phi) is 6.57. The summed E-state index contributed by atoms with van der Waals surface area (Å²) in [6.07, 6.45) is 0. The summed E-state index contributed by atoms with van der Waals surface area (Å²) in [5.74, 6) is -1.01. The molecule has 0 aliphatic rings. The van der Waals surface area contributed by atoms with Gasteiger partial charge >= 0.3 is 20.2 Å². The Morgan fingerprint density at radius 3 is 1.50 bits per heavy atom. The van der Waals surface area contributed by atoms with Gasteiger partial charge in [0.15, 0.2) is 5.75 Å². The number of halogens is 1.